The van der Waals surface area contributed by atoms with E-state index in [4.69, 9.17) is 0 Å². The summed E-state index contributed by atoms with van der Waals surface area (Å²) in [6.45, 7) is 1.77. The number of benzene rings is 2. The highest BCUT2D eigenvalue weighted by Crippen LogP contribution is 2.23. The molecule has 2 N–H and O–H groups in total. The predicted molar refractivity (Wildman–Crippen MR) is 94.8 cm³/mol. The molecule has 0 fully saturated rings. The van der Waals surface area contributed by atoms with E-state index in [1.807, 2.05) is 30.3 Å². The number of sulfonamides is 1. The van der Waals surface area contributed by atoms with E-state index in [2.05, 4.69) is 21.9 Å². The van der Waals surface area contributed by atoms with Gasteiger partial charge in [-0.25, -0.2) is 8.42 Å². The van der Waals surface area contributed by atoms with E-state index < -0.39 is 22.0 Å². The van der Waals surface area contributed by atoms with Crippen LogP contribution in [0.5, 0.6) is 0 Å². The third-order valence-electron chi connectivity index (χ3n) is 3.16. The quantitative estimate of drug-likeness (QED) is 0.837. The van der Waals surface area contributed by atoms with Crippen LogP contribution in [0.25, 0.3) is 0 Å². The number of hydrogen-bond donors (Lipinski definition) is 2. The third-order valence-corrected chi connectivity index (χ3v) is 3.76. The highest BCUT2D eigenvalue weighted by Gasteiger charge is 2.14. The van der Waals surface area contributed by atoms with Gasteiger partial charge >= 0.3 is 0 Å². The lowest BCUT2D eigenvalue weighted by Crippen LogP contribution is -2.26. The fraction of sp³-hybridized carbons (Fsp3) is 0.167. The SMILES string of the molecule is CC(NC(=O)C#Cc1ccccc1)c1ccccc1NS(C)(=O)=O. The van der Waals surface area contributed by atoms with E-state index in [-0.39, 0.29) is 0 Å². The van der Waals surface area contributed by atoms with Crippen molar-refractivity contribution >= 4 is 21.6 Å². The summed E-state index contributed by atoms with van der Waals surface area (Å²) in [5.74, 6) is 4.88. The van der Waals surface area contributed by atoms with Crippen LogP contribution in [-0.4, -0.2) is 20.6 Å². The molecule has 1 amide bonds. The minimum atomic E-state index is -3.40. The molecule has 0 aliphatic carbocycles. The van der Waals surface area contributed by atoms with Crippen molar-refractivity contribution in [1.82, 2.24) is 5.32 Å². The van der Waals surface area contributed by atoms with Gasteiger partial charge in [-0.3, -0.25) is 9.52 Å². The van der Waals surface area contributed by atoms with Crippen molar-refractivity contribution in [1.29, 1.82) is 0 Å². The highest BCUT2D eigenvalue weighted by molar-refractivity contribution is 7.92. The minimum absolute atomic E-state index is 0.395. The van der Waals surface area contributed by atoms with Crippen LogP contribution in [0, 0.1) is 11.8 Å². The second kappa shape index (κ2) is 7.66. The lowest BCUT2D eigenvalue weighted by molar-refractivity contribution is -0.116. The molecule has 0 radical (unpaired) electrons. The molecule has 124 valence electrons. The second-order valence-corrected chi connectivity index (χ2v) is 7.02. The zero-order valence-electron chi connectivity index (χ0n) is 13.4. The molecule has 0 heterocycles. The molecule has 0 spiro atoms. The Bertz CT molecular complexity index is 881. The van der Waals surface area contributed by atoms with Gasteiger partial charge in [0.25, 0.3) is 5.91 Å². The van der Waals surface area contributed by atoms with Gasteiger partial charge in [-0.1, -0.05) is 42.3 Å². The molecule has 0 bridgehead atoms. The van der Waals surface area contributed by atoms with Gasteiger partial charge in [0.1, 0.15) is 0 Å². The van der Waals surface area contributed by atoms with E-state index in [9.17, 15) is 13.2 Å². The Balaban J connectivity index is 2.11. The fourth-order valence-electron chi connectivity index (χ4n) is 2.13. The van der Waals surface area contributed by atoms with Crippen molar-refractivity contribution in [3.63, 3.8) is 0 Å². The van der Waals surface area contributed by atoms with E-state index in [0.29, 0.717) is 11.3 Å². The van der Waals surface area contributed by atoms with Crippen LogP contribution in [0.2, 0.25) is 0 Å². The average Bonchev–Trinajstić information content (AvgIpc) is 2.53. The van der Waals surface area contributed by atoms with Crippen molar-refractivity contribution in [2.24, 2.45) is 0 Å². The molecule has 0 aliphatic rings. The Morgan fingerprint density at radius 2 is 1.67 bits per heavy atom. The van der Waals surface area contributed by atoms with Crippen molar-refractivity contribution in [3.05, 3.63) is 65.7 Å². The molecule has 1 unspecified atom stereocenters. The zero-order chi connectivity index (χ0) is 17.6. The van der Waals surface area contributed by atoms with E-state index in [0.717, 1.165) is 11.8 Å². The summed E-state index contributed by atoms with van der Waals surface area (Å²) in [7, 11) is -3.40. The van der Waals surface area contributed by atoms with Crippen molar-refractivity contribution < 1.29 is 13.2 Å². The predicted octanol–water partition coefficient (Wildman–Crippen LogP) is 2.29. The van der Waals surface area contributed by atoms with Crippen LogP contribution < -0.4 is 10.0 Å². The van der Waals surface area contributed by atoms with Crippen molar-refractivity contribution in [2.45, 2.75) is 13.0 Å². The first kappa shape index (κ1) is 17.6. The maximum atomic E-state index is 12.0. The van der Waals surface area contributed by atoms with E-state index in [1.165, 1.54) is 0 Å². The Morgan fingerprint density at radius 3 is 2.33 bits per heavy atom. The van der Waals surface area contributed by atoms with E-state index >= 15 is 0 Å². The average molecular weight is 342 g/mol. The molecule has 5 nitrogen and oxygen atoms in total. The van der Waals surface area contributed by atoms with Crippen LogP contribution in [0.3, 0.4) is 0 Å². The number of para-hydroxylation sites is 1. The Kier molecular flexibility index (Phi) is 5.61. The number of amides is 1. The van der Waals surface area contributed by atoms with E-state index in [1.54, 1.807) is 31.2 Å². The Labute approximate surface area is 142 Å². The summed E-state index contributed by atoms with van der Waals surface area (Å²) in [6, 6.07) is 15.7. The first-order valence-electron chi connectivity index (χ1n) is 7.29. The molecule has 0 saturated carbocycles. The molecule has 2 aromatic carbocycles. The summed E-state index contributed by atoms with van der Waals surface area (Å²) in [6.07, 6.45) is 1.08. The summed E-state index contributed by atoms with van der Waals surface area (Å²) in [5.41, 5.74) is 1.85. The molecular formula is C18H18N2O3S. The molecule has 1 atom stereocenters. The summed E-state index contributed by atoms with van der Waals surface area (Å²) >= 11 is 0. The van der Waals surface area contributed by atoms with Gasteiger partial charge in [0.15, 0.2) is 0 Å². The highest BCUT2D eigenvalue weighted by atomic mass is 32.2. The van der Waals surface area contributed by atoms with Crippen LogP contribution in [0.4, 0.5) is 5.69 Å². The second-order valence-electron chi connectivity index (χ2n) is 5.27. The van der Waals surface area contributed by atoms with Crippen LogP contribution in [-0.2, 0) is 14.8 Å². The maximum Gasteiger partial charge on any atom is 0.296 e. The lowest BCUT2D eigenvalue weighted by atomic mass is 10.1. The number of hydrogen-bond acceptors (Lipinski definition) is 3. The maximum absolute atomic E-state index is 12.0. The molecule has 2 aromatic rings. The standard InChI is InChI=1S/C18H18N2O3S/c1-14(16-10-6-7-11-17(16)20-24(2,22)23)19-18(21)13-12-15-8-4-3-5-9-15/h3-11,14,20H,1-2H3,(H,19,21). The Hall–Kier alpha value is -2.78. The smallest absolute Gasteiger partial charge is 0.296 e. The number of carbonyl (C=O) groups excluding carboxylic acids is 1. The molecule has 24 heavy (non-hydrogen) atoms. The molecule has 0 saturated heterocycles. The monoisotopic (exact) mass is 342 g/mol. The van der Waals surface area contributed by atoms with Crippen LogP contribution >= 0.6 is 0 Å². The summed E-state index contributed by atoms with van der Waals surface area (Å²) in [5, 5.41) is 2.75. The number of anilines is 1. The minimum Gasteiger partial charge on any atom is -0.339 e. The summed E-state index contributed by atoms with van der Waals surface area (Å²) < 4.78 is 25.3. The van der Waals surface area contributed by atoms with Gasteiger partial charge in [-0.05, 0) is 30.7 Å². The van der Waals surface area contributed by atoms with Gasteiger partial charge in [0.05, 0.1) is 18.0 Å². The topological polar surface area (TPSA) is 75.3 Å². The lowest BCUT2D eigenvalue weighted by Gasteiger charge is -2.17. The van der Waals surface area contributed by atoms with Gasteiger partial charge < -0.3 is 5.32 Å². The molecule has 2 rings (SSSR count). The van der Waals surface area contributed by atoms with Crippen molar-refractivity contribution in [3.8, 4) is 11.8 Å². The largest absolute Gasteiger partial charge is 0.339 e. The third kappa shape index (κ3) is 5.45. The zero-order valence-corrected chi connectivity index (χ0v) is 14.2. The van der Waals surface area contributed by atoms with Gasteiger partial charge in [-0.2, -0.15) is 0 Å². The molecular weight excluding hydrogens is 324 g/mol. The number of rotatable bonds is 4. The first-order valence-corrected chi connectivity index (χ1v) is 9.18. The van der Waals surface area contributed by atoms with Crippen LogP contribution in [0.15, 0.2) is 54.6 Å². The normalized spacial score (nSPS) is 11.8. The van der Waals surface area contributed by atoms with Gasteiger partial charge in [0, 0.05) is 11.5 Å². The van der Waals surface area contributed by atoms with Crippen LogP contribution in [0.1, 0.15) is 24.1 Å². The first-order chi connectivity index (χ1) is 11.3. The molecule has 0 aliphatic heterocycles. The Morgan fingerprint density at radius 1 is 1.04 bits per heavy atom. The number of nitrogens with one attached hydrogen (secondary N) is 2. The molecule has 0 aromatic heterocycles. The van der Waals surface area contributed by atoms with Gasteiger partial charge in [0.2, 0.25) is 10.0 Å². The summed E-state index contributed by atoms with van der Waals surface area (Å²) in [4.78, 5) is 12.0. The van der Waals surface area contributed by atoms with Gasteiger partial charge in [-0.15, -0.1) is 0 Å². The number of carbonyl (C=O) groups is 1. The van der Waals surface area contributed by atoms with Crippen molar-refractivity contribution in [2.75, 3.05) is 11.0 Å². The molecule has 6 heteroatoms. The fourth-order valence-corrected chi connectivity index (χ4v) is 2.71.